The summed E-state index contributed by atoms with van der Waals surface area (Å²) in [5.41, 5.74) is 6.06. The minimum atomic E-state index is -0.0483. The van der Waals surface area contributed by atoms with Crippen LogP contribution in [0.25, 0.3) is 10.8 Å². The molecule has 0 radical (unpaired) electrons. The third kappa shape index (κ3) is 2.41. The number of fused-ring (bicyclic) bond motifs is 2. The van der Waals surface area contributed by atoms with E-state index in [1.165, 1.54) is 33.3 Å². The number of rotatable bonds is 2. The zero-order chi connectivity index (χ0) is 17.6. The van der Waals surface area contributed by atoms with Crippen LogP contribution in [0.4, 0.5) is 11.4 Å². The fourth-order valence-corrected chi connectivity index (χ4v) is 3.89. The molecule has 1 aliphatic heterocycles. The van der Waals surface area contributed by atoms with Crippen molar-refractivity contribution in [3.05, 3.63) is 71.8 Å². The summed E-state index contributed by atoms with van der Waals surface area (Å²) in [5.74, 6) is 0. The van der Waals surface area contributed by atoms with Crippen LogP contribution in [0.3, 0.4) is 0 Å². The van der Waals surface area contributed by atoms with Crippen molar-refractivity contribution >= 4 is 34.1 Å². The van der Waals surface area contributed by atoms with Gasteiger partial charge in [-0.3, -0.25) is 0 Å². The lowest BCUT2D eigenvalue weighted by Crippen LogP contribution is -2.29. The lowest BCUT2D eigenvalue weighted by Gasteiger charge is -2.15. The van der Waals surface area contributed by atoms with Gasteiger partial charge in [0.2, 0.25) is 11.4 Å². The van der Waals surface area contributed by atoms with Crippen molar-refractivity contribution < 1.29 is 4.58 Å². The van der Waals surface area contributed by atoms with Crippen molar-refractivity contribution in [1.29, 1.82) is 0 Å². The summed E-state index contributed by atoms with van der Waals surface area (Å²) in [7, 11) is 2.13. The second kappa shape index (κ2) is 5.66. The Hall–Kier alpha value is -2.74. The van der Waals surface area contributed by atoms with Gasteiger partial charge in [0.15, 0.2) is 0 Å². The van der Waals surface area contributed by atoms with Gasteiger partial charge in [-0.25, -0.2) is 4.99 Å². The molecule has 4 rings (SSSR count). The van der Waals surface area contributed by atoms with Gasteiger partial charge in [-0.15, -0.1) is 0 Å². The van der Waals surface area contributed by atoms with E-state index in [0.717, 1.165) is 5.69 Å². The molecule has 0 saturated heterocycles. The van der Waals surface area contributed by atoms with E-state index in [1.807, 2.05) is 0 Å². The zero-order valence-electron chi connectivity index (χ0n) is 15.2. The minimum absolute atomic E-state index is 0.0483. The van der Waals surface area contributed by atoms with E-state index in [2.05, 4.69) is 99.3 Å². The molecule has 0 amide bonds. The van der Waals surface area contributed by atoms with Gasteiger partial charge in [0.25, 0.3) is 0 Å². The molecule has 3 aromatic rings. The van der Waals surface area contributed by atoms with Crippen LogP contribution in [0.15, 0.2) is 65.7 Å². The highest BCUT2D eigenvalue weighted by Crippen LogP contribution is 2.38. The monoisotopic (exact) mass is 327 g/mol. The summed E-state index contributed by atoms with van der Waals surface area (Å²) < 4.78 is 2.26. The number of hydrogen-bond acceptors (Lipinski definition) is 1. The summed E-state index contributed by atoms with van der Waals surface area (Å²) >= 11 is 0. The van der Waals surface area contributed by atoms with Gasteiger partial charge in [-0.1, -0.05) is 54.6 Å². The third-order valence-corrected chi connectivity index (χ3v) is 5.36. The van der Waals surface area contributed by atoms with E-state index >= 15 is 0 Å². The quantitative estimate of drug-likeness (QED) is 0.433. The molecular weight excluding hydrogens is 304 g/mol. The molecule has 25 heavy (non-hydrogen) atoms. The van der Waals surface area contributed by atoms with Crippen LogP contribution in [0, 0.1) is 6.92 Å². The van der Waals surface area contributed by atoms with Crippen LogP contribution in [0.5, 0.6) is 0 Å². The third-order valence-electron chi connectivity index (χ3n) is 5.36. The van der Waals surface area contributed by atoms with Crippen molar-refractivity contribution in [2.75, 3.05) is 7.05 Å². The van der Waals surface area contributed by atoms with E-state index in [-0.39, 0.29) is 5.41 Å². The first-order chi connectivity index (χ1) is 12.0. The fourth-order valence-electron chi connectivity index (χ4n) is 3.89. The summed E-state index contributed by atoms with van der Waals surface area (Å²) in [6.07, 6.45) is 2.05. The van der Waals surface area contributed by atoms with E-state index in [1.54, 1.807) is 0 Å². The molecule has 0 atom stereocenters. The molecule has 124 valence electrons. The Labute approximate surface area is 149 Å². The number of benzene rings is 3. The van der Waals surface area contributed by atoms with E-state index in [4.69, 9.17) is 4.99 Å². The highest BCUT2D eigenvalue weighted by atomic mass is 15.0. The molecule has 2 heteroatoms. The summed E-state index contributed by atoms with van der Waals surface area (Å²) in [5, 5.41) is 2.43. The van der Waals surface area contributed by atoms with Gasteiger partial charge in [-0.05, 0) is 31.7 Å². The smallest absolute Gasteiger partial charge is 0.210 e. The molecule has 1 aliphatic rings. The topological polar surface area (TPSA) is 15.4 Å². The van der Waals surface area contributed by atoms with Crippen molar-refractivity contribution in [3.8, 4) is 0 Å². The summed E-state index contributed by atoms with van der Waals surface area (Å²) in [4.78, 5) is 4.94. The number of nitrogens with zero attached hydrogens (tertiary/aromatic N) is 2. The standard InChI is InChI=1S/C23H23N2/c1-16-13-14-17-9-5-6-10-18(17)22(16)24-15-21-23(2,3)19-11-7-8-12-20(19)25(21)4/h5-15H,1-4H3/q+1. The van der Waals surface area contributed by atoms with Crippen LogP contribution < -0.4 is 0 Å². The van der Waals surface area contributed by atoms with E-state index < -0.39 is 0 Å². The minimum Gasteiger partial charge on any atom is -0.249 e. The van der Waals surface area contributed by atoms with Crippen molar-refractivity contribution in [3.63, 3.8) is 0 Å². The van der Waals surface area contributed by atoms with Gasteiger partial charge in [0.05, 0.1) is 17.3 Å². The SMILES string of the molecule is Cc1ccc2ccccc2c1N=CC1=[N+](C)c2ccccc2C1(C)C. The highest BCUT2D eigenvalue weighted by molar-refractivity contribution is 6.34. The Morgan fingerprint density at radius 3 is 2.44 bits per heavy atom. The van der Waals surface area contributed by atoms with Gasteiger partial charge < -0.3 is 0 Å². The molecule has 0 aliphatic carbocycles. The van der Waals surface area contributed by atoms with Crippen molar-refractivity contribution in [1.82, 2.24) is 0 Å². The Bertz CT molecular complexity index is 1040. The van der Waals surface area contributed by atoms with Gasteiger partial charge in [0, 0.05) is 17.0 Å². The van der Waals surface area contributed by atoms with Crippen LogP contribution in [-0.4, -0.2) is 23.5 Å². The maximum absolute atomic E-state index is 4.94. The number of para-hydroxylation sites is 1. The summed E-state index contributed by atoms with van der Waals surface area (Å²) in [6, 6.07) is 21.4. The molecule has 0 saturated carbocycles. The molecule has 0 unspecified atom stereocenters. The first kappa shape index (κ1) is 15.8. The Morgan fingerprint density at radius 2 is 1.64 bits per heavy atom. The molecule has 0 bridgehead atoms. The molecular formula is C23H23N2+. The molecule has 0 N–H and O–H groups in total. The number of aliphatic imine (C=N–C) groups is 1. The Kier molecular flexibility index (Phi) is 3.57. The normalized spacial score (nSPS) is 16.0. The Balaban J connectivity index is 1.84. The van der Waals surface area contributed by atoms with Crippen LogP contribution in [0.1, 0.15) is 25.0 Å². The van der Waals surface area contributed by atoms with E-state index in [9.17, 15) is 0 Å². The largest absolute Gasteiger partial charge is 0.249 e. The number of hydrogen-bond donors (Lipinski definition) is 0. The maximum Gasteiger partial charge on any atom is 0.210 e. The lowest BCUT2D eigenvalue weighted by molar-refractivity contribution is -0.400. The van der Waals surface area contributed by atoms with Crippen LogP contribution >= 0.6 is 0 Å². The average molecular weight is 327 g/mol. The van der Waals surface area contributed by atoms with Gasteiger partial charge in [-0.2, -0.15) is 4.58 Å². The molecule has 0 spiro atoms. The second-order valence-corrected chi connectivity index (χ2v) is 7.30. The first-order valence-corrected chi connectivity index (χ1v) is 8.73. The second-order valence-electron chi connectivity index (χ2n) is 7.30. The molecule has 1 heterocycles. The van der Waals surface area contributed by atoms with Crippen molar-refractivity contribution in [2.45, 2.75) is 26.2 Å². The van der Waals surface area contributed by atoms with Gasteiger partial charge in [0.1, 0.15) is 7.05 Å². The molecule has 3 aromatic carbocycles. The lowest BCUT2D eigenvalue weighted by atomic mass is 9.82. The van der Waals surface area contributed by atoms with Gasteiger partial charge >= 0.3 is 0 Å². The maximum atomic E-state index is 4.94. The van der Waals surface area contributed by atoms with Crippen LogP contribution in [0.2, 0.25) is 0 Å². The van der Waals surface area contributed by atoms with Crippen molar-refractivity contribution in [2.24, 2.45) is 4.99 Å². The zero-order valence-corrected chi connectivity index (χ0v) is 15.2. The Morgan fingerprint density at radius 1 is 0.920 bits per heavy atom. The summed E-state index contributed by atoms with van der Waals surface area (Å²) in [6.45, 7) is 6.67. The molecule has 2 nitrogen and oxygen atoms in total. The predicted molar refractivity (Wildman–Crippen MR) is 107 cm³/mol. The molecule has 0 aromatic heterocycles. The molecule has 0 fully saturated rings. The first-order valence-electron chi connectivity index (χ1n) is 8.73. The highest BCUT2D eigenvalue weighted by Gasteiger charge is 2.43. The van der Waals surface area contributed by atoms with E-state index in [0.29, 0.717) is 0 Å². The number of aryl methyl sites for hydroxylation is 1. The predicted octanol–water partition coefficient (Wildman–Crippen LogP) is 5.56. The average Bonchev–Trinajstić information content (AvgIpc) is 2.81. The van der Waals surface area contributed by atoms with Crippen LogP contribution in [-0.2, 0) is 5.41 Å². The fraction of sp³-hybridized carbons (Fsp3) is 0.217.